The van der Waals surface area contributed by atoms with Gasteiger partial charge in [0, 0.05) is 0 Å². The normalized spacial score (nSPS) is 13.4. The molecule has 0 spiro atoms. The lowest BCUT2D eigenvalue weighted by molar-refractivity contribution is 0.474. The van der Waals surface area contributed by atoms with E-state index in [1.54, 1.807) is 6.07 Å². The van der Waals surface area contributed by atoms with E-state index in [9.17, 15) is 5.11 Å². The fourth-order valence-corrected chi connectivity index (χ4v) is 1.26. The van der Waals surface area contributed by atoms with E-state index in [0.29, 0.717) is 11.7 Å². The van der Waals surface area contributed by atoms with Crippen LogP contribution in [0.25, 0.3) is 0 Å². The van der Waals surface area contributed by atoms with Gasteiger partial charge in [-0.2, -0.15) is 0 Å². The van der Waals surface area contributed by atoms with Gasteiger partial charge in [-0.15, -0.1) is 0 Å². The largest absolute Gasteiger partial charge is 0.508 e. The summed E-state index contributed by atoms with van der Waals surface area (Å²) in [5.41, 5.74) is 1.16. The van der Waals surface area contributed by atoms with Crippen LogP contribution in [0.3, 0.4) is 0 Å². The minimum atomic E-state index is 0.342. The molecule has 0 aliphatic rings. The highest BCUT2D eigenvalue weighted by Gasteiger charge is 2.00. The van der Waals surface area contributed by atoms with E-state index in [2.05, 4.69) is 26.0 Å². The molecule has 1 aromatic rings. The van der Waals surface area contributed by atoms with Crippen molar-refractivity contribution in [3.8, 4) is 5.75 Å². The quantitative estimate of drug-likeness (QED) is 0.699. The summed E-state index contributed by atoms with van der Waals surface area (Å²) in [7, 11) is 0. The first-order valence-electron chi connectivity index (χ1n) is 4.69. The smallest absolute Gasteiger partial charge is 0.115 e. The highest BCUT2D eigenvalue weighted by atomic mass is 16.3. The average Bonchev–Trinajstić information content (AvgIpc) is 2.14. The van der Waals surface area contributed by atoms with E-state index < -0.39 is 0 Å². The lowest BCUT2D eigenvalue weighted by Crippen LogP contribution is -1.87. The fraction of sp³-hybridized carbons (Fsp3) is 0.333. The predicted molar refractivity (Wildman–Crippen MR) is 56.0 cm³/mol. The molecule has 1 unspecified atom stereocenters. The third-order valence-corrected chi connectivity index (χ3v) is 2.06. The first-order valence-corrected chi connectivity index (χ1v) is 4.69. The van der Waals surface area contributed by atoms with E-state index in [0.717, 1.165) is 12.0 Å². The molecule has 1 heteroatoms. The van der Waals surface area contributed by atoms with Crippen molar-refractivity contribution < 1.29 is 5.11 Å². The van der Waals surface area contributed by atoms with Crippen molar-refractivity contribution >= 4 is 0 Å². The minimum absolute atomic E-state index is 0.342. The van der Waals surface area contributed by atoms with Crippen molar-refractivity contribution in [1.29, 1.82) is 0 Å². The molecule has 0 radical (unpaired) electrons. The second-order valence-corrected chi connectivity index (χ2v) is 3.22. The van der Waals surface area contributed by atoms with Gasteiger partial charge in [-0.05, 0) is 30.0 Å². The zero-order valence-electron chi connectivity index (χ0n) is 8.20. The van der Waals surface area contributed by atoms with Gasteiger partial charge in [0.2, 0.25) is 0 Å². The molecule has 0 aromatic heterocycles. The molecule has 0 saturated heterocycles. The Morgan fingerprint density at radius 1 is 1.46 bits per heavy atom. The summed E-state index contributed by atoms with van der Waals surface area (Å²) in [5, 5.41) is 9.26. The lowest BCUT2D eigenvalue weighted by atomic mass is 10.0. The van der Waals surface area contributed by atoms with Gasteiger partial charge in [0.05, 0.1) is 0 Å². The molecule has 13 heavy (non-hydrogen) atoms. The van der Waals surface area contributed by atoms with Crippen LogP contribution in [0.5, 0.6) is 5.75 Å². The zero-order valence-corrected chi connectivity index (χ0v) is 8.20. The summed E-state index contributed by atoms with van der Waals surface area (Å²) in [6.45, 7) is 4.24. The Balaban J connectivity index is 2.76. The standard InChI is InChI=1S/C12H16O/c1-3-4-6-10(2)11-7-5-8-12(13)9-11/h4-10,13H,3H2,1-2H3. The highest BCUT2D eigenvalue weighted by Crippen LogP contribution is 2.20. The molecule has 1 N–H and O–H groups in total. The van der Waals surface area contributed by atoms with Crippen LogP contribution >= 0.6 is 0 Å². The summed E-state index contributed by atoms with van der Waals surface area (Å²) >= 11 is 0. The van der Waals surface area contributed by atoms with Crippen molar-refractivity contribution in [2.24, 2.45) is 0 Å². The number of allylic oxidation sites excluding steroid dienone is 2. The van der Waals surface area contributed by atoms with Gasteiger partial charge < -0.3 is 5.11 Å². The van der Waals surface area contributed by atoms with E-state index in [1.165, 1.54) is 0 Å². The van der Waals surface area contributed by atoms with Crippen molar-refractivity contribution in [3.63, 3.8) is 0 Å². The van der Waals surface area contributed by atoms with Gasteiger partial charge in [-0.3, -0.25) is 0 Å². The van der Waals surface area contributed by atoms with Crippen LogP contribution in [0.2, 0.25) is 0 Å². The number of rotatable bonds is 3. The molecule has 70 valence electrons. The number of hydrogen-bond donors (Lipinski definition) is 1. The molecule has 0 fully saturated rings. The van der Waals surface area contributed by atoms with Crippen LogP contribution in [0, 0.1) is 0 Å². The van der Waals surface area contributed by atoms with Crippen LogP contribution in [0.1, 0.15) is 31.7 Å². The number of hydrogen-bond acceptors (Lipinski definition) is 1. The molecule has 0 aliphatic heterocycles. The van der Waals surface area contributed by atoms with Crippen LogP contribution in [0.4, 0.5) is 0 Å². The maximum atomic E-state index is 9.26. The maximum Gasteiger partial charge on any atom is 0.115 e. The van der Waals surface area contributed by atoms with E-state index in [4.69, 9.17) is 0 Å². The van der Waals surface area contributed by atoms with Crippen LogP contribution in [0.15, 0.2) is 36.4 Å². The van der Waals surface area contributed by atoms with E-state index >= 15 is 0 Å². The predicted octanol–water partition coefficient (Wildman–Crippen LogP) is 3.46. The topological polar surface area (TPSA) is 20.2 Å². The molecule has 1 rings (SSSR count). The number of benzene rings is 1. The van der Waals surface area contributed by atoms with Crippen LogP contribution < -0.4 is 0 Å². The third kappa shape index (κ3) is 2.94. The monoisotopic (exact) mass is 176 g/mol. The van der Waals surface area contributed by atoms with Gasteiger partial charge in [-0.25, -0.2) is 0 Å². The Morgan fingerprint density at radius 2 is 2.23 bits per heavy atom. The second-order valence-electron chi connectivity index (χ2n) is 3.22. The van der Waals surface area contributed by atoms with Crippen molar-refractivity contribution in [1.82, 2.24) is 0 Å². The van der Waals surface area contributed by atoms with Gasteiger partial charge in [0.25, 0.3) is 0 Å². The Bertz CT molecular complexity index is 289. The van der Waals surface area contributed by atoms with Crippen molar-refractivity contribution in [2.75, 3.05) is 0 Å². The van der Waals surface area contributed by atoms with Crippen molar-refractivity contribution in [2.45, 2.75) is 26.2 Å². The Hall–Kier alpha value is -1.24. The van der Waals surface area contributed by atoms with Crippen LogP contribution in [-0.2, 0) is 0 Å². The number of aromatic hydroxyl groups is 1. The molecule has 1 aromatic carbocycles. The van der Waals surface area contributed by atoms with Crippen molar-refractivity contribution in [3.05, 3.63) is 42.0 Å². The molecular formula is C12H16O. The van der Waals surface area contributed by atoms with E-state index in [1.807, 2.05) is 18.2 Å². The van der Waals surface area contributed by atoms with Crippen LogP contribution in [-0.4, -0.2) is 5.11 Å². The Kier molecular flexibility index (Phi) is 3.56. The second kappa shape index (κ2) is 4.70. The van der Waals surface area contributed by atoms with E-state index in [-0.39, 0.29) is 0 Å². The fourth-order valence-electron chi connectivity index (χ4n) is 1.26. The highest BCUT2D eigenvalue weighted by molar-refractivity contribution is 5.31. The molecule has 0 amide bonds. The lowest BCUT2D eigenvalue weighted by Gasteiger charge is -2.06. The Labute approximate surface area is 79.7 Å². The first kappa shape index (κ1) is 9.85. The number of phenols is 1. The summed E-state index contributed by atoms with van der Waals surface area (Å²) in [6, 6.07) is 7.41. The molecule has 0 bridgehead atoms. The summed E-state index contributed by atoms with van der Waals surface area (Å²) in [5.74, 6) is 0.723. The number of phenolic OH excluding ortho intramolecular Hbond substituents is 1. The SMILES string of the molecule is CCC=CC(C)c1cccc(O)c1. The molecular weight excluding hydrogens is 160 g/mol. The third-order valence-electron chi connectivity index (χ3n) is 2.06. The first-order chi connectivity index (χ1) is 6.24. The molecule has 0 aliphatic carbocycles. The van der Waals surface area contributed by atoms with Gasteiger partial charge in [-0.1, -0.05) is 38.1 Å². The Morgan fingerprint density at radius 3 is 2.85 bits per heavy atom. The maximum absolute atomic E-state index is 9.26. The average molecular weight is 176 g/mol. The van der Waals surface area contributed by atoms with Gasteiger partial charge in [0.1, 0.15) is 5.75 Å². The zero-order chi connectivity index (χ0) is 9.68. The molecule has 0 heterocycles. The summed E-state index contributed by atoms with van der Waals surface area (Å²) in [6.07, 6.45) is 5.37. The van der Waals surface area contributed by atoms with Gasteiger partial charge >= 0.3 is 0 Å². The summed E-state index contributed by atoms with van der Waals surface area (Å²) < 4.78 is 0. The molecule has 0 saturated carbocycles. The molecule has 1 atom stereocenters. The minimum Gasteiger partial charge on any atom is -0.508 e. The van der Waals surface area contributed by atoms with Gasteiger partial charge in [0.15, 0.2) is 0 Å². The summed E-state index contributed by atoms with van der Waals surface area (Å²) in [4.78, 5) is 0. The molecule has 1 nitrogen and oxygen atoms in total.